The van der Waals surface area contributed by atoms with Crippen LogP contribution in [0.1, 0.15) is 40.7 Å². The molecule has 0 saturated carbocycles. The Balaban J connectivity index is 1.42. The Bertz CT molecular complexity index is 1280. The maximum Gasteiger partial charge on any atom is 0.269 e. The molecule has 0 spiro atoms. The summed E-state index contributed by atoms with van der Waals surface area (Å²) in [5, 5.41) is 55.1. The van der Waals surface area contributed by atoms with Crippen LogP contribution in [0.3, 0.4) is 0 Å². The molecule has 0 aromatic heterocycles. The van der Waals surface area contributed by atoms with E-state index in [4.69, 9.17) is 4.74 Å². The molecule has 3 aromatic carbocycles. The van der Waals surface area contributed by atoms with Crippen LogP contribution in [0.4, 0.5) is 11.4 Å². The SMILES string of the molecule is O=[N+]([O-])c1ccc(C2O[C@H](c3ccc(C=N[C@@H](CO)[C@@H](O)c4ccc([N+](=O)[O-])cc4)cc3)N[C@H]2CO)cc1. The number of hydrogen-bond donors (Lipinski definition) is 4. The molecule has 12 nitrogen and oxygen atoms in total. The highest BCUT2D eigenvalue weighted by Crippen LogP contribution is 2.35. The molecule has 0 aliphatic carbocycles. The summed E-state index contributed by atoms with van der Waals surface area (Å²) in [5.41, 5.74) is 2.46. The Morgan fingerprint density at radius 1 is 0.895 bits per heavy atom. The highest BCUT2D eigenvalue weighted by Gasteiger charge is 2.36. The average Bonchev–Trinajstić information content (AvgIpc) is 3.38. The van der Waals surface area contributed by atoms with Gasteiger partial charge in [0.1, 0.15) is 24.5 Å². The van der Waals surface area contributed by atoms with Crippen LogP contribution in [0, 0.1) is 20.2 Å². The third-order valence-electron chi connectivity index (χ3n) is 6.29. The van der Waals surface area contributed by atoms with Crippen LogP contribution in [-0.2, 0) is 4.74 Å². The maximum absolute atomic E-state index is 10.9. The zero-order valence-corrected chi connectivity index (χ0v) is 20.0. The molecule has 1 fully saturated rings. The fourth-order valence-corrected chi connectivity index (χ4v) is 4.16. The summed E-state index contributed by atoms with van der Waals surface area (Å²) < 4.78 is 6.11. The molecule has 1 aliphatic rings. The molecule has 0 radical (unpaired) electrons. The fourth-order valence-electron chi connectivity index (χ4n) is 4.16. The van der Waals surface area contributed by atoms with Gasteiger partial charge in [-0.15, -0.1) is 0 Å². The normalized spacial score (nSPS) is 20.9. The lowest BCUT2D eigenvalue weighted by Gasteiger charge is -2.17. The van der Waals surface area contributed by atoms with E-state index in [0.29, 0.717) is 16.7 Å². The molecule has 1 unspecified atom stereocenters. The summed E-state index contributed by atoms with van der Waals surface area (Å²) in [7, 11) is 0. The van der Waals surface area contributed by atoms with Gasteiger partial charge in [-0.05, 0) is 46.5 Å². The number of aliphatic imine (C=N–C) groups is 1. The molecule has 1 aliphatic heterocycles. The van der Waals surface area contributed by atoms with Gasteiger partial charge in [0.25, 0.3) is 11.4 Å². The smallest absolute Gasteiger partial charge is 0.269 e. The molecule has 4 N–H and O–H groups in total. The van der Waals surface area contributed by atoms with Gasteiger partial charge < -0.3 is 20.1 Å². The van der Waals surface area contributed by atoms with Crippen molar-refractivity contribution < 1.29 is 29.9 Å². The summed E-state index contributed by atoms with van der Waals surface area (Å²) in [4.78, 5) is 25.0. The Kier molecular flexibility index (Phi) is 8.51. The lowest BCUT2D eigenvalue weighted by Crippen LogP contribution is -2.30. The maximum atomic E-state index is 10.9. The van der Waals surface area contributed by atoms with Gasteiger partial charge in [-0.3, -0.25) is 30.5 Å². The first-order chi connectivity index (χ1) is 18.3. The lowest BCUT2D eigenvalue weighted by molar-refractivity contribution is -0.385. The molecule has 198 valence electrons. The second kappa shape index (κ2) is 12.0. The second-order valence-corrected chi connectivity index (χ2v) is 8.73. The van der Waals surface area contributed by atoms with Crippen molar-refractivity contribution >= 4 is 17.6 Å². The number of non-ortho nitro benzene ring substituents is 2. The summed E-state index contributed by atoms with van der Waals surface area (Å²) in [5.74, 6) is 0. The van der Waals surface area contributed by atoms with E-state index >= 15 is 0 Å². The third-order valence-corrected chi connectivity index (χ3v) is 6.29. The number of ether oxygens (including phenoxy) is 1. The number of aliphatic hydroxyl groups is 3. The first-order valence-corrected chi connectivity index (χ1v) is 11.7. The highest BCUT2D eigenvalue weighted by molar-refractivity contribution is 5.79. The predicted octanol–water partition coefficient (Wildman–Crippen LogP) is 2.74. The second-order valence-electron chi connectivity index (χ2n) is 8.73. The van der Waals surface area contributed by atoms with Gasteiger partial charge in [0.2, 0.25) is 0 Å². The number of benzene rings is 3. The van der Waals surface area contributed by atoms with Crippen molar-refractivity contribution in [2.24, 2.45) is 4.99 Å². The minimum atomic E-state index is -1.15. The summed E-state index contributed by atoms with van der Waals surface area (Å²) >= 11 is 0. The summed E-state index contributed by atoms with van der Waals surface area (Å²) in [6.07, 6.45) is -0.664. The van der Waals surface area contributed by atoms with Crippen LogP contribution in [0.25, 0.3) is 0 Å². The van der Waals surface area contributed by atoms with Gasteiger partial charge in [-0.25, -0.2) is 0 Å². The van der Waals surface area contributed by atoms with E-state index in [2.05, 4.69) is 10.3 Å². The van der Waals surface area contributed by atoms with Crippen molar-refractivity contribution in [1.29, 1.82) is 0 Å². The average molecular weight is 523 g/mol. The third kappa shape index (κ3) is 6.07. The van der Waals surface area contributed by atoms with Crippen molar-refractivity contribution in [2.75, 3.05) is 13.2 Å². The van der Waals surface area contributed by atoms with Crippen LogP contribution in [0.15, 0.2) is 77.8 Å². The molecule has 5 atom stereocenters. The Morgan fingerprint density at radius 2 is 1.45 bits per heavy atom. The number of aliphatic hydroxyl groups excluding tert-OH is 3. The van der Waals surface area contributed by atoms with Gasteiger partial charge >= 0.3 is 0 Å². The van der Waals surface area contributed by atoms with E-state index in [0.717, 1.165) is 5.56 Å². The van der Waals surface area contributed by atoms with Crippen molar-refractivity contribution in [1.82, 2.24) is 5.32 Å². The first kappa shape index (κ1) is 27.0. The number of nitrogens with zero attached hydrogens (tertiary/aromatic N) is 3. The zero-order valence-electron chi connectivity index (χ0n) is 20.0. The number of nitro benzene ring substituents is 2. The van der Waals surface area contributed by atoms with Gasteiger partial charge in [0.15, 0.2) is 0 Å². The van der Waals surface area contributed by atoms with Crippen LogP contribution < -0.4 is 5.32 Å². The largest absolute Gasteiger partial charge is 0.395 e. The monoisotopic (exact) mass is 522 g/mol. The van der Waals surface area contributed by atoms with Gasteiger partial charge in [0, 0.05) is 30.5 Å². The first-order valence-electron chi connectivity index (χ1n) is 11.7. The van der Waals surface area contributed by atoms with E-state index in [9.17, 15) is 35.5 Å². The summed E-state index contributed by atoms with van der Waals surface area (Å²) in [6.45, 7) is -0.623. The minimum Gasteiger partial charge on any atom is -0.395 e. The van der Waals surface area contributed by atoms with Gasteiger partial charge in [-0.2, -0.15) is 0 Å². The summed E-state index contributed by atoms with van der Waals surface area (Å²) in [6, 6.07) is 17.3. The van der Waals surface area contributed by atoms with Gasteiger partial charge in [-0.1, -0.05) is 24.3 Å². The topological polar surface area (TPSA) is 181 Å². The Labute approximate surface area is 217 Å². The molecule has 4 rings (SSSR count). The van der Waals surface area contributed by atoms with Crippen LogP contribution in [0.5, 0.6) is 0 Å². The van der Waals surface area contributed by atoms with Crippen molar-refractivity contribution in [2.45, 2.75) is 30.5 Å². The molecule has 0 bridgehead atoms. The Morgan fingerprint density at radius 3 is 1.97 bits per heavy atom. The molecule has 12 heteroatoms. The number of nitro groups is 2. The van der Waals surface area contributed by atoms with Gasteiger partial charge in [0.05, 0.1) is 29.1 Å². The lowest BCUT2D eigenvalue weighted by atomic mass is 10.0. The van der Waals surface area contributed by atoms with E-state index < -0.39 is 47.0 Å². The number of rotatable bonds is 10. The Hall–Kier alpha value is -4.07. The molecule has 0 amide bonds. The molecular weight excluding hydrogens is 496 g/mol. The van der Waals surface area contributed by atoms with Crippen molar-refractivity contribution in [3.8, 4) is 0 Å². The van der Waals surface area contributed by atoms with E-state index in [1.165, 1.54) is 42.6 Å². The van der Waals surface area contributed by atoms with Crippen LogP contribution in [-0.4, -0.2) is 56.7 Å². The minimum absolute atomic E-state index is 0.0299. The van der Waals surface area contributed by atoms with E-state index in [1.807, 2.05) is 12.1 Å². The molecule has 1 heterocycles. The van der Waals surface area contributed by atoms with Crippen molar-refractivity contribution in [3.63, 3.8) is 0 Å². The molecule has 38 heavy (non-hydrogen) atoms. The quantitative estimate of drug-likeness (QED) is 0.177. The molecular formula is C26H26N4O8. The van der Waals surface area contributed by atoms with Crippen LogP contribution >= 0.6 is 0 Å². The van der Waals surface area contributed by atoms with Crippen LogP contribution in [0.2, 0.25) is 0 Å². The van der Waals surface area contributed by atoms with E-state index in [-0.39, 0.29) is 18.0 Å². The van der Waals surface area contributed by atoms with E-state index in [1.54, 1.807) is 24.3 Å². The number of hydrogen-bond acceptors (Lipinski definition) is 10. The standard InChI is InChI=1S/C26H26N4O8/c31-14-22(24(33)17-5-9-20(10-6-17)29(34)35)27-13-16-1-3-19(4-2-16)26-28-23(15-32)25(38-26)18-7-11-21(12-8-18)30(36)37/h1-13,22-26,28,31-33H,14-15H2/t22-,23-,24-,25?,26+/m0/s1. The zero-order chi connectivity index (χ0) is 27.2. The highest BCUT2D eigenvalue weighted by atomic mass is 16.6. The van der Waals surface area contributed by atoms with Crippen molar-refractivity contribution in [3.05, 3.63) is 115 Å². The molecule has 3 aromatic rings. The number of nitrogens with one attached hydrogen (secondary N) is 1. The predicted molar refractivity (Wildman–Crippen MR) is 137 cm³/mol. The fraction of sp³-hybridized carbons (Fsp3) is 0.269. The molecule has 1 saturated heterocycles.